The van der Waals surface area contributed by atoms with E-state index >= 15 is 0 Å². The van der Waals surface area contributed by atoms with Crippen molar-refractivity contribution in [3.63, 3.8) is 0 Å². The quantitative estimate of drug-likeness (QED) is 0.296. The van der Waals surface area contributed by atoms with Crippen molar-refractivity contribution in [3.05, 3.63) is 65.7 Å². The van der Waals surface area contributed by atoms with E-state index in [1.807, 2.05) is 37.3 Å². The van der Waals surface area contributed by atoms with Gasteiger partial charge in [0.05, 0.1) is 19.6 Å². The summed E-state index contributed by atoms with van der Waals surface area (Å²) in [6, 6.07) is 15.8. The second-order valence-corrected chi connectivity index (χ2v) is 8.53. The number of esters is 1. The number of piperazine rings is 1. The zero-order valence-corrected chi connectivity index (χ0v) is 20.6. The molecule has 3 rings (SSSR count). The number of nitrogens with zero attached hydrogens (tertiary/aromatic N) is 1. The van der Waals surface area contributed by atoms with Crippen molar-refractivity contribution in [1.82, 2.24) is 15.5 Å². The normalized spacial score (nSPS) is 15.2. The van der Waals surface area contributed by atoms with Gasteiger partial charge in [-0.05, 0) is 61.3 Å². The maximum atomic E-state index is 12.7. The molecule has 2 N–H and O–H groups in total. The van der Waals surface area contributed by atoms with Crippen molar-refractivity contribution < 1.29 is 23.9 Å². The van der Waals surface area contributed by atoms with Crippen LogP contribution in [0.3, 0.4) is 0 Å². The van der Waals surface area contributed by atoms with Crippen LogP contribution in [-0.2, 0) is 20.7 Å². The Bertz CT molecular complexity index is 1010. The third kappa shape index (κ3) is 8.06. The first kappa shape index (κ1) is 26.2. The fourth-order valence-corrected chi connectivity index (χ4v) is 3.96. The number of aryl methyl sites for hydroxylation is 1. The summed E-state index contributed by atoms with van der Waals surface area (Å²) in [5.74, 6) is -0.528. The van der Waals surface area contributed by atoms with Crippen LogP contribution in [0.5, 0.6) is 5.75 Å². The van der Waals surface area contributed by atoms with Gasteiger partial charge in [0.1, 0.15) is 11.8 Å². The molecule has 8 nitrogen and oxygen atoms in total. The first-order valence-corrected chi connectivity index (χ1v) is 12.2. The lowest BCUT2D eigenvalue weighted by Gasteiger charge is -2.36. The molecule has 0 saturated carbocycles. The van der Waals surface area contributed by atoms with Crippen molar-refractivity contribution in [3.8, 4) is 5.75 Å². The second kappa shape index (κ2) is 13.4. The second-order valence-electron chi connectivity index (χ2n) is 8.15. The maximum Gasteiger partial charge on any atom is 0.308 e. The van der Waals surface area contributed by atoms with Gasteiger partial charge in [0, 0.05) is 18.7 Å². The molecule has 1 unspecified atom stereocenters. The van der Waals surface area contributed by atoms with Crippen LogP contribution in [0, 0.1) is 0 Å². The third-order valence-corrected chi connectivity index (χ3v) is 5.81. The van der Waals surface area contributed by atoms with Gasteiger partial charge in [0.2, 0.25) is 5.91 Å². The molecule has 1 atom stereocenters. The first-order chi connectivity index (χ1) is 17.0. The minimum Gasteiger partial charge on any atom is -0.494 e. The van der Waals surface area contributed by atoms with E-state index in [4.69, 9.17) is 21.7 Å². The summed E-state index contributed by atoms with van der Waals surface area (Å²) in [5, 5.41) is 5.51. The molecule has 0 radical (unpaired) electrons. The van der Waals surface area contributed by atoms with Gasteiger partial charge >= 0.3 is 5.97 Å². The zero-order chi connectivity index (χ0) is 25.0. The molecule has 2 aromatic rings. The Morgan fingerprint density at radius 1 is 1.11 bits per heavy atom. The molecule has 0 aliphatic carbocycles. The van der Waals surface area contributed by atoms with E-state index in [0.717, 1.165) is 12.8 Å². The maximum absolute atomic E-state index is 12.7. The van der Waals surface area contributed by atoms with E-state index in [9.17, 15) is 14.4 Å². The molecule has 2 amide bonds. The topological polar surface area (TPSA) is 97.0 Å². The monoisotopic (exact) mass is 497 g/mol. The van der Waals surface area contributed by atoms with Gasteiger partial charge in [-0.25, -0.2) is 0 Å². The Hall–Kier alpha value is -3.46. The number of ether oxygens (including phenoxy) is 2. The highest BCUT2D eigenvalue weighted by molar-refractivity contribution is 7.80. The molecule has 186 valence electrons. The van der Waals surface area contributed by atoms with Crippen molar-refractivity contribution in [2.24, 2.45) is 0 Å². The van der Waals surface area contributed by atoms with Crippen LogP contribution in [0.1, 0.15) is 42.1 Å². The molecule has 1 heterocycles. The van der Waals surface area contributed by atoms with Gasteiger partial charge in [0.15, 0.2) is 5.11 Å². The van der Waals surface area contributed by atoms with Crippen LogP contribution < -0.4 is 15.4 Å². The van der Waals surface area contributed by atoms with Crippen molar-refractivity contribution in [1.29, 1.82) is 0 Å². The number of carbonyl (C=O) groups is 3. The molecule has 1 saturated heterocycles. The summed E-state index contributed by atoms with van der Waals surface area (Å²) in [6.45, 7) is 3.62. The number of amides is 2. The summed E-state index contributed by atoms with van der Waals surface area (Å²) >= 11 is 5.41. The lowest BCUT2D eigenvalue weighted by atomic mass is 10.1. The van der Waals surface area contributed by atoms with E-state index < -0.39 is 17.9 Å². The molecule has 0 aromatic heterocycles. The predicted molar refractivity (Wildman–Crippen MR) is 136 cm³/mol. The van der Waals surface area contributed by atoms with Crippen LogP contribution in [0.4, 0.5) is 0 Å². The van der Waals surface area contributed by atoms with Gasteiger partial charge in [-0.15, -0.1) is 0 Å². The summed E-state index contributed by atoms with van der Waals surface area (Å²) in [4.78, 5) is 39.1. The Kier molecular flexibility index (Phi) is 10.0. The molecule has 35 heavy (non-hydrogen) atoms. The van der Waals surface area contributed by atoms with Gasteiger partial charge in [-0.3, -0.25) is 19.7 Å². The predicted octanol–water partition coefficient (Wildman–Crippen LogP) is 2.86. The summed E-state index contributed by atoms with van der Waals surface area (Å²) in [6.07, 6.45) is 2.22. The average molecular weight is 498 g/mol. The first-order valence-electron chi connectivity index (χ1n) is 11.8. The van der Waals surface area contributed by atoms with Crippen LogP contribution in [0.25, 0.3) is 0 Å². The number of nitrogens with one attached hydrogen (secondary N) is 2. The van der Waals surface area contributed by atoms with Crippen LogP contribution in [0.2, 0.25) is 0 Å². The van der Waals surface area contributed by atoms with Crippen molar-refractivity contribution >= 4 is 35.1 Å². The molecule has 1 fully saturated rings. The summed E-state index contributed by atoms with van der Waals surface area (Å²) < 4.78 is 10.9. The van der Waals surface area contributed by atoms with E-state index in [-0.39, 0.29) is 24.0 Å². The van der Waals surface area contributed by atoms with Crippen molar-refractivity contribution in [2.45, 2.75) is 38.6 Å². The molecule has 0 bridgehead atoms. The number of hydrogen-bond acceptors (Lipinski definition) is 6. The van der Waals surface area contributed by atoms with E-state index in [2.05, 4.69) is 10.6 Å². The molecular formula is C26H31N3O5S. The number of hydrogen-bond donors (Lipinski definition) is 2. The lowest BCUT2D eigenvalue weighted by molar-refractivity contribution is -0.147. The molecule has 0 spiro atoms. The van der Waals surface area contributed by atoms with E-state index in [1.54, 1.807) is 29.2 Å². The minimum absolute atomic E-state index is 0.0954. The lowest BCUT2D eigenvalue weighted by Crippen LogP contribution is -2.60. The number of rotatable bonds is 10. The Morgan fingerprint density at radius 2 is 1.86 bits per heavy atom. The molecule has 1 aliphatic heterocycles. The molecule has 1 aliphatic rings. The minimum atomic E-state index is -0.844. The highest BCUT2D eigenvalue weighted by Crippen LogP contribution is 2.14. The Morgan fingerprint density at radius 3 is 2.57 bits per heavy atom. The van der Waals surface area contributed by atoms with Gasteiger partial charge in [0.25, 0.3) is 5.91 Å². The highest BCUT2D eigenvalue weighted by Gasteiger charge is 2.34. The van der Waals surface area contributed by atoms with Gasteiger partial charge in [-0.2, -0.15) is 0 Å². The molecule has 2 aromatic carbocycles. The van der Waals surface area contributed by atoms with Crippen LogP contribution in [0.15, 0.2) is 54.6 Å². The van der Waals surface area contributed by atoms with E-state index in [0.29, 0.717) is 37.4 Å². The highest BCUT2D eigenvalue weighted by atomic mass is 32.1. The standard InChI is InChI=1S/C26H31N3O5S/c1-2-16-33-21-12-10-20(11-13-21)24(31)28-26(35)29-15-14-27-25(32)22(29)18-23(30)34-17-6-9-19-7-4-3-5-8-19/h3-5,7-8,10-13,22H,2,6,9,14-18H2,1H3,(H,27,32)(H,28,31,35). The van der Waals surface area contributed by atoms with E-state index in [1.165, 1.54) is 5.56 Å². The Balaban J connectivity index is 1.50. The summed E-state index contributed by atoms with van der Waals surface area (Å²) in [7, 11) is 0. The van der Waals surface area contributed by atoms with Gasteiger partial charge in [-0.1, -0.05) is 37.3 Å². The molecular weight excluding hydrogens is 466 g/mol. The number of benzene rings is 2. The van der Waals surface area contributed by atoms with Crippen LogP contribution >= 0.6 is 12.2 Å². The SMILES string of the molecule is CCCOc1ccc(C(=O)NC(=S)N2CCNC(=O)C2CC(=O)OCCCc2ccccc2)cc1. The van der Waals surface area contributed by atoms with Crippen LogP contribution in [-0.4, -0.2) is 60.1 Å². The number of carbonyl (C=O) groups excluding carboxylic acids is 3. The number of thiocarbonyl (C=S) groups is 1. The fourth-order valence-electron chi connectivity index (χ4n) is 3.65. The summed E-state index contributed by atoms with van der Waals surface area (Å²) in [5.41, 5.74) is 1.58. The average Bonchev–Trinajstić information content (AvgIpc) is 2.87. The zero-order valence-electron chi connectivity index (χ0n) is 19.8. The third-order valence-electron chi connectivity index (χ3n) is 5.48. The Labute approximate surface area is 211 Å². The van der Waals surface area contributed by atoms with Gasteiger partial charge < -0.3 is 19.7 Å². The molecule has 9 heteroatoms. The van der Waals surface area contributed by atoms with Crippen molar-refractivity contribution in [2.75, 3.05) is 26.3 Å². The smallest absolute Gasteiger partial charge is 0.308 e. The largest absolute Gasteiger partial charge is 0.494 e. The fraction of sp³-hybridized carbons (Fsp3) is 0.385.